The molecule has 9 nitrogen and oxygen atoms in total. The number of ether oxygens (including phenoxy) is 2. The third-order valence-electron chi connectivity index (χ3n) is 4.38. The van der Waals surface area contributed by atoms with Crippen molar-refractivity contribution in [1.29, 1.82) is 0 Å². The van der Waals surface area contributed by atoms with Crippen molar-refractivity contribution in [3.05, 3.63) is 62.4 Å². The quantitative estimate of drug-likeness (QED) is 0.683. The van der Waals surface area contributed by atoms with Crippen molar-refractivity contribution in [1.82, 2.24) is 14.5 Å². The molecule has 2 aromatic rings. The van der Waals surface area contributed by atoms with E-state index in [0.717, 1.165) is 4.57 Å². The summed E-state index contributed by atoms with van der Waals surface area (Å²) in [5.74, 6) is -0.585. The molecule has 1 atom stereocenters. The fourth-order valence-electron chi connectivity index (χ4n) is 3.02. The van der Waals surface area contributed by atoms with Crippen molar-refractivity contribution in [2.24, 2.45) is 7.05 Å². The molecule has 9 heteroatoms. The second kappa shape index (κ2) is 9.84. The summed E-state index contributed by atoms with van der Waals surface area (Å²) in [5.41, 5.74) is -0.0261. The summed E-state index contributed by atoms with van der Waals surface area (Å²) >= 11 is 0. The van der Waals surface area contributed by atoms with Crippen LogP contribution in [0, 0.1) is 6.92 Å². The summed E-state index contributed by atoms with van der Waals surface area (Å²) in [5, 5.41) is 2.56. The summed E-state index contributed by atoms with van der Waals surface area (Å²) in [6.07, 6.45) is 0.557. The van der Waals surface area contributed by atoms with E-state index >= 15 is 0 Å². The van der Waals surface area contributed by atoms with E-state index in [1.54, 1.807) is 72.9 Å². The highest BCUT2D eigenvalue weighted by Crippen LogP contribution is 2.12. The van der Waals surface area contributed by atoms with Crippen LogP contribution in [0.15, 0.2) is 40.1 Å². The van der Waals surface area contributed by atoms with Gasteiger partial charge in [0.05, 0.1) is 11.8 Å². The highest BCUT2D eigenvalue weighted by Gasteiger charge is 2.26. The number of carbonyl (C=O) groups is 2. The van der Waals surface area contributed by atoms with Gasteiger partial charge in [0.2, 0.25) is 0 Å². The number of alkyl carbamates (subject to hydrolysis) is 1. The van der Waals surface area contributed by atoms with Crippen LogP contribution in [0.1, 0.15) is 45.7 Å². The number of hydrogen-bond acceptors (Lipinski definition) is 6. The van der Waals surface area contributed by atoms with Gasteiger partial charge in [0.15, 0.2) is 0 Å². The van der Waals surface area contributed by atoms with Crippen molar-refractivity contribution in [2.45, 2.75) is 65.7 Å². The highest BCUT2D eigenvalue weighted by atomic mass is 16.6. The Balaban J connectivity index is 2.29. The number of amides is 1. The van der Waals surface area contributed by atoms with E-state index in [2.05, 4.69) is 5.32 Å². The first-order valence-corrected chi connectivity index (χ1v) is 10.4. The SMILES string of the molecule is Cc1cn(C)c(=O)n(-c2ccc(C[C@H](NC(=O)OC(C)(C)C)C(=O)OC(C)C)cc2)c1=O. The molecular formula is C23H31N3O6. The fraction of sp³-hybridized carbons (Fsp3) is 0.478. The summed E-state index contributed by atoms with van der Waals surface area (Å²) in [6.45, 7) is 10.3. The molecular weight excluding hydrogens is 414 g/mol. The molecule has 0 aliphatic rings. The molecule has 0 radical (unpaired) electrons. The molecule has 0 fully saturated rings. The molecule has 0 spiro atoms. The van der Waals surface area contributed by atoms with Crippen molar-refractivity contribution in [3.8, 4) is 5.69 Å². The van der Waals surface area contributed by atoms with Gasteiger partial charge in [0.25, 0.3) is 5.56 Å². The van der Waals surface area contributed by atoms with E-state index in [9.17, 15) is 19.2 Å². The molecule has 0 bridgehead atoms. The Labute approximate surface area is 187 Å². The van der Waals surface area contributed by atoms with Crippen molar-refractivity contribution in [3.63, 3.8) is 0 Å². The van der Waals surface area contributed by atoms with Gasteiger partial charge in [-0.2, -0.15) is 0 Å². The number of carbonyl (C=O) groups excluding carboxylic acids is 2. The molecule has 1 aromatic heterocycles. The van der Waals surface area contributed by atoms with Crippen LogP contribution >= 0.6 is 0 Å². The molecule has 0 saturated carbocycles. The van der Waals surface area contributed by atoms with Crippen LogP contribution in [-0.4, -0.2) is 38.9 Å². The van der Waals surface area contributed by atoms with Crippen LogP contribution in [0.4, 0.5) is 4.79 Å². The summed E-state index contributed by atoms with van der Waals surface area (Å²) in [6, 6.07) is 5.66. The molecule has 0 aliphatic heterocycles. The predicted molar refractivity (Wildman–Crippen MR) is 120 cm³/mol. The van der Waals surface area contributed by atoms with Crippen LogP contribution < -0.4 is 16.6 Å². The van der Waals surface area contributed by atoms with E-state index in [1.165, 1.54) is 10.8 Å². The van der Waals surface area contributed by atoms with Gasteiger partial charge in [-0.25, -0.2) is 19.0 Å². The first kappa shape index (κ1) is 24.9. The minimum absolute atomic E-state index is 0.145. The van der Waals surface area contributed by atoms with Crippen molar-refractivity contribution in [2.75, 3.05) is 0 Å². The minimum atomic E-state index is -0.965. The number of aromatic nitrogens is 2. The van der Waals surface area contributed by atoms with E-state index in [4.69, 9.17) is 9.47 Å². The molecule has 32 heavy (non-hydrogen) atoms. The Morgan fingerprint density at radius 3 is 2.22 bits per heavy atom. The Kier molecular flexibility index (Phi) is 7.66. The van der Waals surface area contributed by atoms with Crippen LogP contribution in [0.25, 0.3) is 5.69 Å². The van der Waals surface area contributed by atoms with E-state index in [0.29, 0.717) is 16.8 Å². The molecule has 174 valence electrons. The van der Waals surface area contributed by atoms with Gasteiger partial charge in [-0.05, 0) is 59.2 Å². The second-order valence-corrected chi connectivity index (χ2v) is 8.90. The monoisotopic (exact) mass is 445 g/mol. The lowest BCUT2D eigenvalue weighted by Crippen LogP contribution is -2.46. The number of nitrogens with one attached hydrogen (secondary N) is 1. The Bertz CT molecular complexity index is 1060. The normalized spacial score (nSPS) is 12.4. The Morgan fingerprint density at radius 1 is 1.09 bits per heavy atom. The van der Waals surface area contributed by atoms with Gasteiger partial charge in [-0.3, -0.25) is 4.79 Å². The maximum absolute atomic E-state index is 12.5. The number of nitrogens with zero attached hydrogens (tertiary/aromatic N) is 2. The van der Waals surface area contributed by atoms with E-state index in [-0.39, 0.29) is 12.5 Å². The largest absolute Gasteiger partial charge is 0.461 e. The number of esters is 1. The van der Waals surface area contributed by atoms with Gasteiger partial charge in [-0.15, -0.1) is 0 Å². The molecule has 1 aromatic carbocycles. The molecule has 2 rings (SSSR count). The minimum Gasteiger partial charge on any atom is -0.461 e. The van der Waals surface area contributed by atoms with Gasteiger partial charge < -0.3 is 19.4 Å². The smallest absolute Gasteiger partial charge is 0.408 e. The van der Waals surface area contributed by atoms with Crippen molar-refractivity contribution >= 4 is 12.1 Å². The van der Waals surface area contributed by atoms with Gasteiger partial charge in [0.1, 0.15) is 11.6 Å². The molecule has 0 saturated heterocycles. The molecule has 0 aliphatic carbocycles. The average Bonchev–Trinajstić information content (AvgIpc) is 2.65. The zero-order valence-corrected chi connectivity index (χ0v) is 19.6. The number of benzene rings is 1. The lowest BCUT2D eigenvalue weighted by atomic mass is 10.1. The van der Waals surface area contributed by atoms with Crippen LogP contribution in [0.2, 0.25) is 0 Å². The highest BCUT2D eigenvalue weighted by molar-refractivity contribution is 5.82. The first-order valence-electron chi connectivity index (χ1n) is 10.4. The van der Waals surface area contributed by atoms with Crippen LogP contribution in [-0.2, 0) is 27.7 Å². The maximum Gasteiger partial charge on any atom is 0.408 e. The number of hydrogen-bond donors (Lipinski definition) is 1. The second-order valence-electron chi connectivity index (χ2n) is 8.90. The zero-order valence-electron chi connectivity index (χ0n) is 19.6. The standard InChI is InChI=1S/C23H31N3O6/c1-14(2)31-20(28)18(24-21(29)32-23(4,5)6)12-16-8-10-17(11-9-16)26-19(27)15(3)13-25(7)22(26)30/h8-11,13-14,18H,12H2,1-7H3,(H,24,29)/t18-/m0/s1. The van der Waals surface area contributed by atoms with E-state index in [1.807, 2.05) is 0 Å². The molecule has 1 N–H and O–H groups in total. The molecule has 1 heterocycles. The fourth-order valence-corrected chi connectivity index (χ4v) is 3.02. The van der Waals surface area contributed by atoms with Gasteiger partial charge >= 0.3 is 17.8 Å². The molecule has 0 unspecified atom stereocenters. The predicted octanol–water partition coefficient (Wildman–Crippen LogP) is 2.23. The maximum atomic E-state index is 12.5. The lowest BCUT2D eigenvalue weighted by molar-refractivity contribution is -0.149. The summed E-state index contributed by atoms with van der Waals surface area (Å²) in [4.78, 5) is 49.6. The topological polar surface area (TPSA) is 109 Å². The average molecular weight is 446 g/mol. The molecule has 1 amide bonds. The van der Waals surface area contributed by atoms with Crippen LogP contribution in [0.3, 0.4) is 0 Å². The van der Waals surface area contributed by atoms with E-state index < -0.39 is 35.0 Å². The number of rotatable bonds is 6. The zero-order chi connectivity index (χ0) is 24.2. The third-order valence-corrected chi connectivity index (χ3v) is 4.38. The van der Waals surface area contributed by atoms with Gasteiger partial charge in [-0.1, -0.05) is 12.1 Å². The Hall–Kier alpha value is -3.36. The first-order chi connectivity index (χ1) is 14.8. The third kappa shape index (κ3) is 6.57. The number of aryl methyl sites for hydroxylation is 2. The summed E-state index contributed by atoms with van der Waals surface area (Å²) < 4.78 is 12.9. The van der Waals surface area contributed by atoms with Gasteiger partial charge in [0, 0.05) is 25.2 Å². The van der Waals surface area contributed by atoms with Crippen molar-refractivity contribution < 1.29 is 19.1 Å². The lowest BCUT2D eigenvalue weighted by Gasteiger charge is -2.23. The Morgan fingerprint density at radius 2 is 1.69 bits per heavy atom. The van der Waals surface area contributed by atoms with Crippen LogP contribution in [0.5, 0.6) is 0 Å². The summed E-state index contributed by atoms with van der Waals surface area (Å²) in [7, 11) is 1.58.